The number of imide groups is 1. The van der Waals surface area contributed by atoms with E-state index in [0.717, 1.165) is 17.0 Å². The summed E-state index contributed by atoms with van der Waals surface area (Å²) in [6, 6.07) is 9.70. The maximum absolute atomic E-state index is 13.7. The third-order valence-corrected chi connectivity index (χ3v) is 6.83. The van der Waals surface area contributed by atoms with Gasteiger partial charge in [-0.1, -0.05) is 17.7 Å². The fraction of sp³-hybridized carbons (Fsp3) is 0.241. The number of aliphatic imine (C=N–C) groups is 1. The predicted octanol–water partition coefficient (Wildman–Crippen LogP) is 4.48. The number of carboxylic acid groups (broad SMARTS) is 1. The minimum absolute atomic E-state index is 0.0184. The van der Waals surface area contributed by atoms with Crippen molar-refractivity contribution in [3.8, 4) is 17.2 Å². The number of hydrogen-bond acceptors (Lipinski definition) is 8. The maximum atomic E-state index is 13.7. The molecule has 0 saturated carbocycles. The number of benzene rings is 3. The predicted molar refractivity (Wildman–Crippen MR) is 151 cm³/mol. The summed E-state index contributed by atoms with van der Waals surface area (Å²) in [5, 5.41) is 22.3. The summed E-state index contributed by atoms with van der Waals surface area (Å²) in [4.78, 5) is 49.0. The molecule has 0 aliphatic carbocycles. The summed E-state index contributed by atoms with van der Waals surface area (Å²) in [5.41, 5.74) is 3.14. The van der Waals surface area contributed by atoms with Crippen LogP contribution in [0.1, 0.15) is 34.5 Å². The van der Waals surface area contributed by atoms with Gasteiger partial charge >= 0.3 is 12.0 Å². The van der Waals surface area contributed by atoms with Gasteiger partial charge in [-0.3, -0.25) is 14.7 Å². The van der Waals surface area contributed by atoms with E-state index in [4.69, 9.17) is 26.3 Å². The Balaban J connectivity index is 1.59. The second kappa shape index (κ2) is 13.4. The number of urea groups is 1. The number of aromatic hydroxyl groups is 1. The number of halogens is 3. The molecule has 14 heteroatoms. The summed E-state index contributed by atoms with van der Waals surface area (Å²) in [6.45, 7) is 1.11. The van der Waals surface area contributed by atoms with Crippen LogP contribution >= 0.6 is 11.6 Å². The van der Waals surface area contributed by atoms with Gasteiger partial charge in [0.05, 0.1) is 32.2 Å². The number of carboxylic acids is 1. The first-order valence-electron chi connectivity index (χ1n) is 12.9. The Morgan fingerprint density at radius 1 is 1.14 bits per heavy atom. The number of ether oxygens (including phenoxy) is 1. The first-order chi connectivity index (χ1) is 20.4. The molecule has 1 unspecified atom stereocenters. The minimum Gasteiger partial charge on any atom is -0.507 e. The van der Waals surface area contributed by atoms with E-state index >= 15 is 0 Å². The first-order valence-corrected chi connectivity index (χ1v) is 13.3. The van der Waals surface area contributed by atoms with Crippen molar-refractivity contribution in [1.29, 1.82) is 0 Å². The Kier molecular flexibility index (Phi) is 9.66. The van der Waals surface area contributed by atoms with Crippen molar-refractivity contribution >= 4 is 35.3 Å². The van der Waals surface area contributed by atoms with E-state index in [0.29, 0.717) is 28.0 Å². The highest BCUT2D eigenvalue weighted by Crippen LogP contribution is 2.27. The van der Waals surface area contributed by atoms with Crippen molar-refractivity contribution < 1.29 is 43.0 Å². The average Bonchev–Trinajstić information content (AvgIpc) is 3.10. The molecule has 4 N–H and O–H groups in total. The van der Waals surface area contributed by atoms with E-state index in [2.05, 4.69) is 15.8 Å². The van der Waals surface area contributed by atoms with Crippen LogP contribution in [0.2, 0.25) is 5.02 Å². The van der Waals surface area contributed by atoms with E-state index in [1.54, 1.807) is 25.1 Å². The summed E-state index contributed by atoms with van der Waals surface area (Å²) >= 11 is 6.16. The van der Waals surface area contributed by atoms with Crippen LogP contribution in [0.4, 0.5) is 13.6 Å². The Hall–Kier alpha value is -4.91. The molecule has 43 heavy (non-hydrogen) atoms. The van der Waals surface area contributed by atoms with Crippen molar-refractivity contribution in [1.82, 2.24) is 15.7 Å². The fourth-order valence-electron chi connectivity index (χ4n) is 4.41. The Bertz CT molecular complexity index is 1570. The number of phenols is 1. The van der Waals surface area contributed by atoms with Crippen LogP contribution < -0.4 is 20.4 Å². The number of rotatable bonds is 8. The zero-order chi connectivity index (χ0) is 31.3. The lowest BCUT2D eigenvalue weighted by Crippen LogP contribution is -2.50. The highest BCUT2D eigenvalue weighted by atomic mass is 35.5. The van der Waals surface area contributed by atoms with Crippen LogP contribution in [0, 0.1) is 17.6 Å². The number of amides is 3. The molecule has 0 saturated heterocycles. The molecular weight excluding hydrogens is 590 g/mol. The molecule has 11 nitrogen and oxygen atoms in total. The molecule has 2 atom stereocenters. The number of nitrogens with one attached hydrogen (secondary N) is 2. The van der Waals surface area contributed by atoms with Gasteiger partial charge in [0, 0.05) is 23.2 Å². The number of carbonyl (C=O) groups is 3. The van der Waals surface area contributed by atoms with Crippen molar-refractivity contribution in [3.63, 3.8) is 0 Å². The monoisotopic (exact) mass is 616 g/mol. The molecule has 3 amide bonds. The number of hydrogen-bond donors (Lipinski definition) is 4. The van der Waals surface area contributed by atoms with Crippen LogP contribution in [0.5, 0.6) is 17.2 Å². The number of nitrogens with zero attached hydrogens (tertiary/aromatic N) is 2. The zero-order valence-corrected chi connectivity index (χ0v) is 23.7. The lowest BCUT2D eigenvalue weighted by molar-refractivity contribution is -0.131. The van der Waals surface area contributed by atoms with Crippen LogP contribution in [0.15, 0.2) is 59.6 Å². The van der Waals surface area contributed by atoms with Gasteiger partial charge in [-0.05, 0) is 54.8 Å². The highest BCUT2D eigenvalue weighted by Gasteiger charge is 2.34. The van der Waals surface area contributed by atoms with Crippen molar-refractivity contribution in [3.05, 3.63) is 87.9 Å². The molecule has 0 fully saturated rings. The van der Waals surface area contributed by atoms with Gasteiger partial charge in [-0.15, -0.1) is 0 Å². The molecule has 0 radical (unpaired) electrons. The van der Waals surface area contributed by atoms with Gasteiger partial charge in [-0.2, -0.15) is 0 Å². The second-order valence-electron chi connectivity index (χ2n) is 9.63. The quantitative estimate of drug-likeness (QED) is 0.271. The summed E-state index contributed by atoms with van der Waals surface area (Å²) in [7, 11) is 1.47. The SMILES string of the molecule is COc1ccc(Cl)cc1C[C@@H]1CN=C(NOc2cc(F)cc(F)c2)CN(C(=O)NC(C)c2ccc(C(=O)O)c(O)c2)C1=O. The third kappa shape index (κ3) is 7.68. The van der Waals surface area contributed by atoms with Gasteiger partial charge in [0.25, 0.3) is 0 Å². The highest BCUT2D eigenvalue weighted by molar-refractivity contribution is 6.30. The molecule has 4 rings (SSSR count). The Morgan fingerprint density at radius 2 is 1.86 bits per heavy atom. The molecule has 0 bridgehead atoms. The lowest BCUT2D eigenvalue weighted by atomic mass is 9.97. The molecule has 1 heterocycles. The molecule has 1 aliphatic heterocycles. The molecule has 0 spiro atoms. The van der Waals surface area contributed by atoms with Gasteiger partial charge < -0.3 is 25.1 Å². The van der Waals surface area contributed by atoms with E-state index in [-0.39, 0.29) is 36.7 Å². The number of amidine groups is 1. The first kappa shape index (κ1) is 31.0. The van der Waals surface area contributed by atoms with Gasteiger partial charge in [0.15, 0.2) is 11.6 Å². The summed E-state index contributed by atoms with van der Waals surface area (Å²) in [5.74, 6) is -4.70. The maximum Gasteiger partial charge on any atom is 0.339 e. The van der Waals surface area contributed by atoms with Crippen LogP contribution in [-0.2, 0) is 11.2 Å². The van der Waals surface area contributed by atoms with Gasteiger partial charge in [-0.25, -0.2) is 23.9 Å². The fourth-order valence-corrected chi connectivity index (χ4v) is 4.60. The summed E-state index contributed by atoms with van der Waals surface area (Å²) in [6.07, 6.45) is 0.110. The number of hydroxylamine groups is 1. The Morgan fingerprint density at radius 3 is 2.51 bits per heavy atom. The second-order valence-corrected chi connectivity index (χ2v) is 10.1. The summed E-state index contributed by atoms with van der Waals surface area (Å²) < 4.78 is 32.6. The van der Waals surface area contributed by atoms with Gasteiger partial charge in [0.2, 0.25) is 5.91 Å². The van der Waals surface area contributed by atoms with Crippen molar-refractivity contribution in [2.45, 2.75) is 19.4 Å². The van der Waals surface area contributed by atoms with Crippen molar-refractivity contribution in [2.24, 2.45) is 10.9 Å². The van der Waals surface area contributed by atoms with E-state index in [9.17, 15) is 28.3 Å². The minimum atomic E-state index is -1.32. The molecule has 3 aromatic carbocycles. The van der Waals surface area contributed by atoms with Crippen LogP contribution in [0.3, 0.4) is 0 Å². The van der Waals surface area contributed by atoms with Crippen LogP contribution in [-0.4, -0.2) is 59.1 Å². The standard InChI is InChI=1S/C29H27ClF2N4O7/c1-15(16-3-5-23(28(39)40)24(37)9-16)34-29(41)36-14-26(35-43-22-11-20(31)10-21(32)12-22)33-13-18(27(36)38)7-17-8-19(30)4-6-25(17)42-2/h3-6,8-12,15,18,37H,7,13-14H2,1-2H3,(H,33,35)(H,34,41)(H,39,40)/t15?,18-/m1/s1. The van der Waals surface area contributed by atoms with E-state index in [1.165, 1.54) is 25.3 Å². The molecule has 0 aromatic heterocycles. The largest absolute Gasteiger partial charge is 0.507 e. The number of aromatic carboxylic acids is 1. The number of carbonyl (C=O) groups excluding carboxylic acids is 2. The molecule has 1 aliphatic rings. The average molecular weight is 617 g/mol. The van der Waals surface area contributed by atoms with Gasteiger partial charge in [0.1, 0.15) is 28.7 Å². The molecule has 226 valence electrons. The molecular formula is C29H27ClF2N4O7. The normalized spacial score (nSPS) is 15.7. The zero-order valence-electron chi connectivity index (χ0n) is 22.9. The van der Waals surface area contributed by atoms with Crippen molar-refractivity contribution in [2.75, 3.05) is 20.2 Å². The third-order valence-electron chi connectivity index (χ3n) is 6.59. The van der Waals surface area contributed by atoms with E-state index < -0.39 is 47.3 Å². The number of methoxy groups -OCH3 is 1. The Labute approximate surface area is 249 Å². The van der Waals surface area contributed by atoms with E-state index in [1.807, 2.05) is 0 Å². The van der Waals surface area contributed by atoms with Crippen LogP contribution in [0.25, 0.3) is 0 Å². The molecule has 3 aromatic rings. The topological polar surface area (TPSA) is 150 Å². The lowest BCUT2D eigenvalue weighted by Gasteiger charge is -2.26. The smallest absolute Gasteiger partial charge is 0.339 e.